The smallest absolute Gasteiger partial charge is 0.236 e. The molecule has 0 heterocycles. The van der Waals surface area contributed by atoms with Gasteiger partial charge in [0.15, 0.2) is 0 Å². The maximum absolute atomic E-state index is 11.4. The van der Waals surface area contributed by atoms with E-state index >= 15 is 0 Å². The van der Waals surface area contributed by atoms with Crippen LogP contribution in [0.5, 0.6) is 17.2 Å². The molecule has 0 aliphatic carbocycles. The highest BCUT2D eigenvalue weighted by Gasteiger charge is 2.14. The summed E-state index contributed by atoms with van der Waals surface area (Å²) in [6.45, 7) is 2.10. The van der Waals surface area contributed by atoms with Crippen LogP contribution in [0.25, 0.3) is 0 Å². The lowest BCUT2D eigenvalue weighted by Crippen LogP contribution is -2.39. The van der Waals surface area contributed by atoms with Crippen LogP contribution in [0.3, 0.4) is 0 Å². The average molecular weight is 319 g/mol. The minimum absolute atomic E-state index is 0. The van der Waals surface area contributed by atoms with Crippen LogP contribution in [-0.2, 0) is 11.2 Å². The lowest BCUT2D eigenvalue weighted by atomic mass is 10.1. The molecule has 0 spiro atoms. The molecular formula is C14H23ClN2O4. The SMILES string of the molecule is COc1cc(OC)c(CCNC(=O)[C@H](C)N)c(OC)c1.Cl. The molecule has 0 aromatic heterocycles. The number of halogens is 1. The van der Waals surface area contributed by atoms with Gasteiger partial charge >= 0.3 is 0 Å². The van der Waals surface area contributed by atoms with Crippen molar-refractivity contribution in [1.29, 1.82) is 0 Å². The number of benzene rings is 1. The fourth-order valence-corrected chi connectivity index (χ4v) is 1.80. The Labute approximate surface area is 131 Å². The quantitative estimate of drug-likeness (QED) is 0.788. The average Bonchev–Trinajstić information content (AvgIpc) is 2.46. The van der Waals surface area contributed by atoms with E-state index < -0.39 is 6.04 Å². The molecule has 0 saturated carbocycles. The predicted octanol–water partition coefficient (Wildman–Crippen LogP) is 1.14. The number of carbonyl (C=O) groups excluding carboxylic acids is 1. The summed E-state index contributed by atoms with van der Waals surface area (Å²) in [5, 5.41) is 2.76. The van der Waals surface area contributed by atoms with Gasteiger partial charge in [-0.1, -0.05) is 0 Å². The van der Waals surface area contributed by atoms with Crippen molar-refractivity contribution < 1.29 is 19.0 Å². The van der Waals surface area contributed by atoms with Crippen LogP contribution in [0, 0.1) is 0 Å². The Morgan fingerprint density at radius 1 is 1.19 bits per heavy atom. The summed E-state index contributed by atoms with van der Waals surface area (Å²) in [7, 11) is 4.74. The first-order chi connectivity index (χ1) is 9.53. The van der Waals surface area contributed by atoms with Gasteiger partial charge in [0.2, 0.25) is 5.91 Å². The van der Waals surface area contributed by atoms with Crippen molar-refractivity contribution in [2.24, 2.45) is 5.73 Å². The van der Waals surface area contributed by atoms with Crippen molar-refractivity contribution in [3.05, 3.63) is 17.7 Å². The Balaban J connectivity index is 0.00000400. The number of hydrogen-bond donors (Lipinski definition) is 2. The van der Waals surface area contributed by atoms with Gasteiger partial charge in [0, 0.05) is 24.2 Å². The molecule has 3 N–H and O–H groups in total. The second-order valence-electron chi connectivity index (χ2n) is 4.34. The second-order valence-corrected chi connectivity index (χ2v) is 4.34. The zero-order chi connectivity index (χ0) is 15.1. The van der Waals surface area contributed by atoms with E-state index in [1.807, 2.05) is 0 Å². The summed E-state index contributed by atoms with van der Waals surface area (Å²) < 4.78 is 15.9. The zero-order valence-electron chi connectivity index (χ0n) is 12.8. The minimum Gasteiger partial charge on any atom is -0.496 e. The van der Waals surface area contributed by atoms with Crippen LogP contribution >= 0.6 is 12.4 Å². The zero-order valence-corrected chi connectivity index (χ0v) is 13.6. The fourth-order valence-electron chi connectivity index (χ4n) is 1.80. The number of rotatable bonds is 7. The molecule has 0 radical (unpaired) electrons. The molecule has 0 bridgehead atoms. The van der Waals surface area contributed by atoms with Gasteiger partial charge in [0.05, 0.1) is 27.4 Å². The van der Waals surface area contributed by atoms with Crippen molar-refractivity contribution in [2.75, 3.05) is 27.9 Å². The van der Waals surface area contributed by atoms with Crippen LogP contribution in [0.1, 0.15) is 12.5 Å². The molecule has 7 heteroatoms. The fraction of sp³-hybridized carbons (Fsp3) is 0.500. The minimum atomic E-state index is -0.519. The largest absolute Gasteiger partial charge is 0.496 e. The topological polar surface area (TPSA) is 82.8 Å². The maximum Gasteiger partial charge on any atom is 0.236 e. The van der Waals surface area contributed by atoms with Crippen molar-refractivity contribution in [3.63, 3.8) is 0 Å². The normalized spacial score (nSPS) is 11.1. The van der Waals surface area contributed by atoms with Gasteiger partial charge in [-0.2, -0.15) is 0 Å². The summed E-state index contributed by atoms with van der Waals surface area (Å²) in [4.78, 5) is 11.4. The van der Waals surface area contributed by atoms with Gasteiger partial charge in [0.1, 0.15) is 17.2 Å². The Bertz CT molecular complexity index is 441. The third-order valence-corrected chi connectivity index (χ3v) is 2.90. The number of ether oxygens (including phenoxy) is 3. The third-order valence-electron chi connectivity index (χ3n) is 2.90. The van der Waals surface area contributed by atoms with E-state index in [1.54, 1.807) is 40.4 Å². The van der Waals surface area contributed by atoms with Crippen molar-refractivity contribution in [3.8, 4) is 17.2 Å². The van der Waals surface area contributed by atoms with Crippen molar-refractivity contribution in [1.82, 2.24) is 5.32 Å². The Kier molecular flexibility index (Phi) is 8.57. The van der Waals surface area contributed by atoms with Crippen LogP contribution in [0.4, 0.5) is 0 Å². The lowest BCUT2D eigenvalue weighted by Gasteiger charge is -2.15. The van der Waals surface area contributed by atoms with E-state index in [2.05, 4.69) is 5.32 Å². The van der Waals surface area contributed by atoms with Crippen molar-refractivity contribution >= 4 is 18.3 Å². The number of hydrogen-bond acceptors (Lipinski definition) is 5. The lowest BCUT2D eigenvalue weighted by molar-refractivity contribution is -0.121. The Hall–Kier alpha value is -1.66. The second kappa shape index (κ2) is 9.31. The maximum atomic E-state index is 11.4. The van der Waals surface area contributed by atoms with E-state index in [0.29, 0.717) is 30.2 Å². The highest BCUT2D eigenvalue weighted by Crippen LogP contribution is 2.34. The molecule has 1 rings (SSSR count). The van der Waals surface area contributed by atoms with E-state index in [9.17, 15) is 4.79 Å². The summed E-state index contributed by atoms with van der Waals surface area (Å²) in [5.41, 5.74) is 6.36. The molecule has 1 atom stereocenters. The number of nitrogens with one attached hydrogen (secondary N) is 1. The van der Waals surface area contributed by atoms with Crippen LogP contribution in [-0.4, -0.2) is 39.8 Å². The standard InChI is InChI=1S/C14H22N2O4.ClH/c1-9(15)14(17)16-6-5-11-12(19-3)7-10(18-2)8-13(11)20-4;/h7-9H,5-6,15H2,1-4H3,(H,16,17);1H/t9-;/m0./s1. The van der Waals surface area contributed by atoms with Gasteiger partial charge in [-0.05, 0) is 13.3 Å². The third kappa shape index (κ3) is 5.32. The molecule has 0 unspecified atom stereocenters. The van der Waals surface area contributed by atoms with E-state index in [1.165, 1.54) is 0 Å². The van der Waals surface area contributed by atoms with E-state index in [-0.39, 0.29) is 18.3 Å². The molecule has 120 valence electrons. The van der Waals surface area contributed by atoms with Crippen LogP contribution in [0.2, 0.25) is 0 Å². The Morgan fingerprint density at radius 2 is 1.71 bits per heavy atom. The molecular weight excluding hydrogens is 296 g/mol. The first-order valence-corrected chi connectivity index (χ1v) is 6.35. The summed E-state index contributed by atoms with van der Waals surface area (Å²) in [6.07, 6.45) is 0.578. The molecule has 0 aliphatic heterocycles. The van der Waals surface area contributed by atoms with E-state index in [0.717, 1.165) is 5.56 Å². The van der Waals surface area contributed by atoms with E-state index in [4.69, 9.17) is 19.9 Å². The Morgan fingerprint density at radius 3 is 2.10 bits per heavy atom. The first kappa shape index (κ1) is 19.3. The highest BCUT2D eigenvalue weighted by molar-refractivity contribution is 5.85. The van der Waals surface area contributed by atoms with Gasteiger partial charge in [-0.3, -0.25) is 4.79 Å². The number of nitrogens with two attached hydrogens (primary N) is 1. The first-order valence-electron chi connectivity index (χ1n) is 6.35. The predicted molar refractivity (Wildman–Crippen MR) is 83.7 cm³/mol. The highest BCUT2D eigenvalue weighted by atomic mass is 35.5. The summed E-state index contributed by atoms with van der Waals surface area (Å²) >= 11 is 0. The van der Waals surface area contributed by atoms with Gasteiger partial charge < -0.3 is 25.3 Å². The van der Waals surface area contributed by atoms with Crippen LogP contribution < -0.4 is 25.3 Å². The molecule has 0 fully saturated rings. The number of carbonyl (C=O) groups is 1. The van der Waals surface area contributed by atoms with Crippen molar-refractivity contribution in [2.45, 2.75) is 19.4 Å². The van der Waals surface area contributed by atoms with Gasteiger partial charge in [0.25, 0.3) is 0 Å². The van der Waals surface area contributed by atoms with Crippen LogP contribution in [0.15, 0.2) is 12.1 Å². The molecule has 6 nitrogen and oxygen atoms in total. The molecule has 1 aromatic carbocycles. The number of amides is 1. The van der Waals surface area contributed by atoms with Gasteiger partial charge in [-0.25, -0.2) is 0 Å². The monoisotopic (exact) mass is 318 g/mol. The summed E-state index contributed by atoms with van der Waals surface area (Å²) in [5.74, 6) is 1.80. The molecule has 1 amide bonds. The molecule has 0 aliphatic rings. The number of methoxy groups -OCH3 is 3. The summed E-state index contributed by atoms with van der Waals surface area (Å²) in [6, 6.07) is 3.05. The van der Waals surface area contributed by atoms with Gasteiger partial charge in [-0.15, -0.1) is 12.4 Å². The molecule has 0 saturated heterocycles. The molecule has 21 heavy (non-hydrogen) atoms. The molecule has 1 aromatic rings.